The van der Waals surface area contributed by atoms with E-state index in [9.17, 15) is 4.79 Å². The second-order valence-electron chi connectivity index (χ2n) is 7.10. The predicted octanol–water partition coefficient (Wildman–Crippen LogP) is 6.09. The SMILES string of the molecule is Cc1ccc(-c2csc(NN=Cc3ccc(OC(=O)c4cccc(C)c4)cc3)n2)cc1. The van der Waals surface area contributed by atoms with Gasteiger partial charge in [0.2, 0.25) is 5.13 Å². The zero-order valence-corrected chi connectivity index (χ0v) is 18.0. The van der Waals surface area contributed by atoms with Crippen LogP contribution in [0.2, 0.25) is 0 Å². The van der Waals surface area contributed by atoms with Crippen LogP contribution in [0.1, 0.15) is 27.0 Å². The Hall–Kier alpha value is -3.77. The molecular formula is C25H21N3O2S. The van der Waals surface area contributed by atoms with Crippen LogP contribution in [0.25, 0.3) is 11.3 Å². The second-order valence-corrected chi connectivity index (χ2v) is 7.96. The Balaban J connectivity index is 1.34. The van der Waals surface area contributed by atoms with Gasteiger partial charge in [-0.3, -0.25) is 5.43 Å². The van der Waals surface area contributed by atoms with Gasteiger partial charge in [-0.1, -0.05) is 47.5 Å². The molecule has 154 valence electrons. The summed E-state index contributed by atoms with van der Waals surface area (Å²) >= 11 is 1.50. The summed E-state index contributed by atoms with van der Waals surface area (Å²) in [4.78, 5) is 16.8. The summed E-state index contributed by atoms with van der Waals surface area (Å²) in [5.41, 5.74) is 8.60. The maximum absolute atomic E-state index is 12.2. The van der Waals surface area contributed by atoms with Crippen LogP contribution in [-0.2, 0) is 0 Å². The van der Waals surface area contributed by atoms with E-state index >= 15 is 0 Å². The molecule has 0 radical (unpaired) electrons. The van der Waals surface area contributed by atoms with E-state index in [1.54, 1.807) is 30.5 Å². The highest BCUT2D eigenvalue weighted by molar-refractivity contribution is 7.14. The molecule has 3 aromatic carbocycles. The Morgan fingerprint density at radius 2 is 1.77 bits per heavy atom. The fourth-order valence-electron chi connectivity index (χ4n) is 2.90. The van der Waals surface area contributed by atoms with Crippen molar-refractivity contribution in [3.05, 3.63) is 100 Å². The summed E-state index contributed by atoms with van der Waals surface area (Å²) in [6, 6.07) is 22.7. The molecule has 0 unspecified atom stereocenters. The monoisotopic (exact) mass is 427 g/mol. The summed E-state index contributed by atoms with van der Waals surface area (Å²) < 4.78 is 5.43. The molecule has 0 aliphatic carbocycles. The average molecular weight is 428 g/mol. The molecule has 0 amide bonds. The first-order chi connectivity index (χ1) is 15.1. The molecule has 0 aliphatic rings. The number of hydrogen-bond donors (Lipinski definition) is 1. The van der Waals surface area contributed by atoms with Gasteiger partial charge in [0.1, 0.15) is 5.75 Å². The third-order valence-corrected chi connectivity index (χ3v) is 5.32. The van der Waals surface area contributed by atoms with E-state index in [1.165, 1.54) is 16.9 Å². The Bertz CT molecular complexity index is 1210. The van der Waals surface area contributed by atoms with Gasteiger partial charge in [-0.25, -0.2) is 9.78 Å². The number of carbonyl (C=O) groups excluding carboxylic acids is 1. The number of hydrazone groups is 1. The van der Waals surface area contributed by atoms with Gasteiger partial charge in [-0.2, -0.15) is 5.10 Å². The van der Waals surface area contributed by atoms with Crippen LogP contribution in [0.4, 0.5) is 5.13 Å². The lowest BCUT2D eigenvalue weighted by Gasteiger charge is -2.05. The maximum Gasteiger partial charge on any atom is 0.343 e. The van der Waals surface area contributed by atoms with Crippen LogP contribution < -0.4 is 10.2 Å². The minimum absolute atomic E-state index is 0.375. The number of thiazole rings is 1. The van der Waals surface area contributed by atoms with Gasteiger partial charge in [0.15, 0.2) is 0 Å². The highest BCUT2D eigenvalue weighted by Crippen LogP contribution is 2.25. The van der Waals surface area contributed by atoms with E-state index in [1.807, 2.05) is 36.6 Å². The number of nitrogens with one attached hydrogen (secondary N) is 1. The molecule has 4 rings (SSSR count). The zero-order chi connectivity index (χ0) is 21.6. The van der Waals surface area contributed by atoms with Crippen LogP contribution >= 0.6 is 11.3 Å². The van der Waals surface area contributed by atoms with E-state index in [2.05, 4.69) is 46.7 Å². The number of ether oxygens (including phenoxy) is 1. The van der Waals surface area contributed by atoms with Gasteiger partial charge in [0, 0.05) is 10.9 Å². The Morgan fingerprint density at radius 1 is 1.00 bits per heavy atom. The number of aromatic nitrogens is 1. The van der Waals surface area contributed by atoms with Crippen molar-refractivity contribution in [3.63, 3.8) is 0 Å². The molecule has 0 saturated heterocycles. The summed E-state index contributed by atoms with van der Waals surface area (Å²) in [5.74, 6) is 0.110. The number of anilines is 1. The smallest absolute Gasteiger partial charge is 0.343 e. The van der Waals surface area contributed by atoms with Crippen molar-refractivity contribution in [3.8, 4) is 17.0 Å². The van der Waals surface area contributed by atoms with Crippen molar-refractivity contribution < 1.29 is 9.53 Å². The lowest BCUT2D eigenvalue weighted by molar-refractivity contribution is 0.0734. The van der Waals surface area contributed by atoms with Crippen LogP contribution in [-0.4, -0.2) is 17.2 Å². The summed E-state index contributed by atoms with van der Waals surface area (Å²) in [6.45, 7) is 4.00. The van der Waals surface area contributed by atoms with Gasteiger partial charge in [0.25, 0.3) is 0 Å². The third-order valence-electron chi connectivity index (χ3n) is 4.57. The molecule has 0 saturated carbocycles. The van der Waals surface area contributed by atoms with Crippen molar-refractivity contribution in [1.82, 2.24) is 4.98 Å². The van der Waals surface area contributed by atoms with Crippen LogP contribution in [0.15, 0.2) is 83.3 Å². The molecule has 1 N–H and O–H groups in total. The van der Waals surface area contributed by atoms with Gasteiger partial charge in [0.05, 0.1) is 17.5 Å². The van der Waals surface area contributed by atoms with E-state index in [-0.39, 0.29) is 5.97 Å². The molecule has 0 atom stereocenters. The fraction of sp³-hybridized carbons (Fsp3) is 0.0800. The minimum atomic E-state index is -0.375. The second kappa shape index (κ2) is 9.36. The molecular weight excluding hydrogens is 406 g/mol. The fourth-order valence-corrected chi connectivity index (χ4v) is 3.57. The molecule has 0 bridgehead atoms. The summed E-state index contributed by atoms with van der Waals surface area (Å²) in [5, 5.41) is 6.96. The molecule has 31 heavy (non-hydrogen) atoms. The Labute approximate surface area is 185 Å². The molecule has 1 heterocycles. The number of hydrogen-bond acceptors (Lipinski definition) is 6. The first-order valence-electron chi connectivity index (χ1n) is 9.77. The van der Waals surface area contributed by atoms with Gasteiger partial charge in [-0.05, 0) is 55.8 Å². The quantitative estimate of drug-likeness (QED) is 0.175. The first kappa shape index (κ1) is 20.5. The standard InChI is InChI=1S/C25H21N3O2S/c1-17-6-10-20(11-7-17)23-16-31-25(27-23)28-26-15-19-8-12-22(13-9-19)30-24(29)21-5-3-4-18(2)14-21/h3-16H,1-2H3,(H,27,28). The number of rotatable bonds is 6. The van der Waals surface area contributed by atoms with Crippen LogP contribution in [0.3, 0.4) is 0 Å². The van der Waals surface area contributed by atoms with Crippen LogP contribution in [0, 0.1) is 13.8 Å². The molecule has 4 aromatic rings. The van der Waals surface area contributed by atoms with Crippen molar-refractivity contribution in [2.75, 3.05) is 5.43 Å². The van der Waals surface area contributed by atoms with Crippen molar-refractivity contribution in [2.45, 2.75) is 13.8 Å². The molecule has 1 aromatic heterocycles. The van der Waals surface area contributed by atoms with Crippen molar-refractivity contribution in [2.24, 2.45) is 5.10 Å². The molecule has 0 fully saturated rings. The van der Waals surface area contributed by atoms with Crippen LogP contribution in [0.5, 0.6) is 5.75 Å². The van der Waals surface area contributed by atoms with Gasteiger partial charge >= 0.3 is 5.97 Å². The maximum atomic E-state index is 12.2. The Morgan fingerprint density at radius 3 is 2.52 bits per heavy atom. The zero-order valence-electron chi connectivity index (χ0n) is 17.2. The van der Waals surface area contributed by atoms with E-state index in [0.717, 1.165) is 27.5 Å². The largest absolute Gasteiger partial charge is 0.423 e. The number of benzene rings is 3. The summed E-state index contributed by atoms with van der Waals surface area (Å²) in [7, 11) is 0. The highest BCUT2D eigenvalue weighted by atomic mass is 32.1. The lowest BCUT2D eigenvalue weighted by atomic mass is 10.1. The minimum Gasteiger partial charge on any atom is -0.423 e. The highest BCUT2D eigenvalue weighted by Gasteiger charge is 2.08. The molecule has 0 aliphatic heterocycles. The third kappa shape index (κ3) is 5.43. The van der Waals surface area contributed by atoms with Gasteiger partial charge in [-0.15, -0.1) is 11.3 Å². The van der Waals surface area contributed by atoms with E-state index in [4.69, 9.17) is 4.74 Å². The average Bonchev–Trinajstić information content (AvgIpc) is 3.24. The predicted molar refractivity (Wildman–Crippen MR) is 126 cm³/mol. The molecule has 6 heteroatoms. The number of carbonyl (C=O) groups is 1. The first-order valence-corrected chi connectivity index (χ1v) is 10.7. The van der Waals surface area contributed by atoms with E-state index < -0.39 is 0 Å². The number of aryl methyl sites for hydroxylation is 2. The van der Waals surface area contributed by atoms with Crippen molar-refractivity contribution in [1.29, 1.82) is 0 Å². The van der Waals surface area contributed by atoms with Crippen molar-refractivity contribution >= 4 is 28.7 Å². The topological polar surface area (TPSA) is 63.6 Å². The number of nitrogens with zero attached hydrogens (tertiary/aromatic N) is 2. The molecule has 0 spiro atoms. The molecule has 5 nitrogen and oxygen atoms in total. The lowest BCUT2D eigenvalue weighted by Crippen LogP contribution is -2.08. The normalized spacial score (nSPS) is 10.9. The summed E-state index contributed by atoms with van der Waals surface area (Å²) in [6.07, 6.45) is 1.69. The Kier molecular flexibility index (Phi) is 6.19. The van der Waals surface area contributed by atoms with Gasteiger partial charge < -0.3 is 4.74 Å². The number of esters is 1. The van der Waals surface area contributed by atoms with E-state index in [0.29, 0.717) is 11.3 Å².